The van der Waals surface area contributed by atoms with Gasteiger partial charge in [0.25, 0.3) is 0 Å². The number of carbonyl (C=O) groups is 1. The van der Waals surface area contributed by atoms with E-state index >= 15 is 0 Å². The van der Waals surface area contributed by atoms with Crippen LogP contribution in [0, 0.1) is 11.8 Å². The summed E-state index contributed by atoms with van der Waals surface area (Å²) >= 11 is 5.67. The fraction of sp³-hybridized carbons (Fsp3) is 0.652. The molecule has 0 aliphatic carbocycles. The van der Waals surface area contributed by atoms with E-state index in [1.54, 1.807) is 7.11 Å². The van der Waals surface area contributed by atoms with Gasteiger partial charge in [-0.05, 0) is 54.7 Å². The Bertz CT molecular complexity index is 742. The lowest BCUT2D eigenvalue weighted by Gasteiger charge is -2.45. The number of methoxy groups -OCH3 is 1. The molecule has 1 aromatic rings. The first-order valence-electron chi connectivity index (χ1n) is 11.0. The van der Waals surface area contributed by atoms with E-state index in [9.17, 15) is 4.79 Å². The minimum atomic E-state index is -0.243. The number of amides is 1. The Labute approximate surface area is 186 Å². The summed E-state index contributed by atoms with van der Waals surface area (Å²) in [7, 11) is 1.66. The third-order valence-electron chi connectivity index (χ3n) is 6.00. The Morgan fingerprint density at radius 1 is 1.20 bits per heavy atom. The highest BCUT2D eigenvalue weighted by Gasteiger charge is 2.51. The van der Waals surface area contributed by atoms with E-state index < -0.39 is 0 Å². The van der Waals surface area contributed by atoms with Gasteiger partial charge in [0.1, 0.15) is 5.75 Å². The first-order chi connectivity index (χ1) is 14.2. The average molecular weight is 433 g/mol. The molecular formula is C23H36N4O2S. The van der Waals surface area contributed by atoms with Crippen LogP contribution in [0.4, 0.5) is 5.69 Å². The van der Waals surface area contributed by atoms with Crippen molar-refractivity contribution in [3.05, 3.63) is 24.3 Å². The predicted octanol–water partition coefficient (Wildman–Crippen LogP) is 3.69. The number of nitrogens with zero attached hydrogens (tertiary/aromatic N) is 2. The van der Waals surface area contributed by atoms with E-state index in [0.717, 1.165) is 55.4 Å². The van der Waals surface area contributed by atoms with Crippen molar-refractivity contribution in [1.82, 2.24) is 15.1 Å². The standard InChI is InChI=1S/C23H36N4O2S/c1-16(2)14-20-21(28)27(15-17(3)4)23(25-20)10-12-26(13-11-23)22(30)24-18-6-8-19(29-5)9-7-18/h6-9,16-17,20,25H,10-15H2,1-5H3,(H,24,30)/t20-/m1/s1. The Morgan fingerprint density at radius 3 is 2.37 bits per heavy atom. The lowest BCUT2D eigenvalue weighted by Crippen LogP contribution is -2.60. The summed E-state index contributed by atoms with van der Waals surface area (Å²) < 4.78 is 5.21. The molecule has 166 valence electrons. The molecule has 1 amide bonds. The maximum absolute atomic E-state index is 13.2. The summed E-state index contributed by atoms with van der Waals surface area (Å²) in [6.07, 6.45) is 2.64. The van der Waals surface area contributed by atoms with E-state index in [1.807, 2.05) is 24.3 Å². The number of hydrogen-bond donors (Lipinski definition) is 2. The number of hydrogen-bond acceptors (Lipinski definition) is 4. The Kier molecular flexibility index (Phi) is 7.24. The van der Waals surface area contributed by atoms with Gasteiger partial charge in [0, 0.05) is 38.2 Å². The summed E-state index contributed by atoms with van der Waals surface area (Å²) in [5, 5.41) is 7.80. The molecule has 0 bridgehead atoms. The van der Waals surface area contributed by atoms with Gasteiger partial charge in [0.05, 0.1) is 18.8 Å². The van der Waals surface area contributed by atoms with Gasteiger partial charge in [0.15, 0.2) is 5.11 Å². The first kappa shape index (κ1) is 22.8. The fourth-order valence-corrected chi connectivity index (χ4v) is 4.80. The number of rotatable bonds is 6. The van der Waals surface area contributed by atoms with Crippen molar-refractivity contribution in [2.75, 3.05) is 32.1 Å². The monoisotopic (exact) mass is 432 g/mol. The van der Waals surface area contributed by atoms with E-state index in [-0.39, 0.29) is 17.6 Å². The van der Waals surface area contributed by atoms with Crippen molar-refractivity contribution in [1.29, 1.82) is 0 Å². The van der Waals surface area contributed by atoms with E-state index in [1.165, 1.54) is 0 Å². The van der Waals surface area contributed by atoms with Gasteiger partial charge in [0.2, 0.25) is 5.91 Å². The zero-order valence-electron chi connectivity index (χ0n) is 18.9. The third-order valence-corrected chi connectivity index (χ3v) is 6.36. The van der Waals surface area contributed by atoms with Crippen LogP contribution in [0.3, 0.4) is 0 Å². The van der Waals surface area contributed by atoms with Crippen molar-refractivity contribution >= 4 is 28.9 Å². The number of ether oxygens (including phenoxy) is 1. The normalized spacial score (nSPS) is 21.0. The highest BCUT2D eigenvalue weighted by molar-refractivity contribution is 7.80. The van der Waals surface area contributed by atoms with Crippen LogP contribution in [0.1, 0.15) is 47.0 Å². The number of nitrogens with one attached hydrogen (secondary N) is 2. The van der Waals surface area contributed by atoms with Crippen molar-refractivity contribution in [2.24, 2.45) is 11.8 Å². The van der Waals surface area contributed by atoms with Crippen LogP contribution in [0.25, 0.3) is 0 Å². The molecule has 0 unspecified atom stereocenters. The summed E-state index contributed by atoms with van der Waals surface area (Å²) in [5.41, 5.74) is 0.710. The lowest BCUT2D eigenvalue weighted by molar-refractivity contribution is -0.134. The van der Waals surface area contributed by atoms with Crippen molar-refractivity contribution in [2.45, 2.75) is 58.7 Å². The second-order valence-corrected chi connectivity index (χ2v) is 9.73. The third kappa shape index (κ3) is 5.06. The van der Waals surface area contributed by atoms with Gasteiger partial charge in [-0.25, -0.2) is 0 Å². The van der Waals surface area contributed by atoms with Gasteiger partial charge < -0.3 is 19.9 Å². The van der Waals surface area contributed by atoms with Crippen molar-refractivity contribution in [3.8, 4) is 5.75 Å². The van der Waals surface area contributed by atoms with Crippen LogP contribution in [0.5, 0.6) is 5.75 Å². The number of piperidine rings is 1. The van der Waals surface area contributed by atoms with Crippen LogP contribution in [0.2, 0.25) is 0 Å². The molecule has 2 fully saturated rings. The highest BCUT2D eigenvalue weighted by Crippen LogP contribution is 2.35. The zero-order valence-corrected chi connectivity index (χ0v) is 19.7. The minimum absolute atomic E-state index is 0.0697. The molecule has 1 atom stereocenters. The maximum Gasteiger partial charge on any atom is 0.241 e. The SMILES string of the molecule is COc1ccc(NC(=S)N2CCC3(CC2)N[C@H](CC(C)C)C(=O)N3CC(C)C)cc1. The fourth-order valence-electron chi connectivity index (χ4n) is 4.49. The molecule has 1 aromatic carbocycles. The highest BCUT2D eigenvalue weighted by atomic mass is 32.1. The summed E-state index contributed by atoms with van der Waals surface area (Å²) in [4.78, 5) is 17.5. The Morgan fingerprint density at radius 2 is 1.83 bits per heavy atom. The molecule has 0 radical (unpaired) electrons. The smallest absolute Gasteiger partial charge is 0.241 e. The molecular weight excluding hydrogens is 396 g/mol. The van der Waals surface area contributed by atoms with E-state index in [4.69, 9.17) is 17.0 Å². The molecule has 2 N–H and O–H groups in total. The van der Waals surface area contributed by atoms with Gasteiger partial charge in [-0.15, -0.1) is 0 Å². The summed E-state index contributed by atoms with van der Waals surface area (Å²) in [5.74, 6) is 2.03. The Balaban J connectivity index is 1.64. The van der Waals surface area contributed by atoms with Gasteiger partial charge in [-0.3, -0.25) is 10.1 Å². The van der Waals surface area contributed by atoms with Gasteiger partial charge in [-0.1, -0.05) is 27.7 Å². The minimum Gasteiger partial charge on any atom is -0.497 e. The topological polar surface area (TPSA) is 56.8 Å². The van der Waals surface area contributed by atoms with Crippen LogP contribution in [0.15, 0.2) is 24.3 Å². The molecule has 0 saturated carbocycles. The maximum atomic E-state index is 13.2. The van der Waals surface area contributed by atoms with Crippen molar-refractivity contribution in [3.63, 3.8) is 0 Å². The van der Waals surface area contributed by atoms with E-state index in [2.05, 4.69) is 48.1 Å². The molecule has 2 saturated heterocycles. The summed E-state index contributed by atoms with van der Waals surface area (Å²) in [6, 6.07) is 7.70. The van der Waals surface area contributed by atoms with Gasteiger partial charge in [-0.2, -0.15) is 0 Å². The number of anilines is 1. The number of carbonyl (C=O) groups excluding carboxylic acids is 1. The number of likely N-dealkylation sites (tertiary alicyclic amines) is 1. The molecule has 1 spiro atoms. The second-order valence-electron chi connectivity index (χ2n) is 9.35. The van der Waals surface area contributed by atoms with E-state index in [0.29, 0.717) is 11.8 Å². The largest absolute Gasteiger partial charge is 0.497 e. The van der Waals surface area contributed by atoms with Crippen LogP contribution >= 0.6 is 12.2 Å². The lowest BCUT2D eigenvalue weighted by atomic mass is 9.95. The quantitative estimate of drug-likeness (QED) is 0.669. The van der Waals surface area contributed by atoms with Gasteiger partial charge >= 0.3 is 0 Å². The Hall–Kier alpha value is -1.86. The molecule has 2 aliphatic heterocycles. The molecule has 7 heteroatoms. The van der Waals surface area contributed by atoms with Crippen LogP contribution in [-0.2, 0) is 4.79 Å². The molecule has 6 nitrogen and oxygen atoms in total. The van der Waals surface area contributed by atoms with Crippen LogP contribution < -0.4 is 15.4 Å². The first-order valence-corrected chi connectivity index (χ1v) is 11.4. The molecule has 30 heavy (non-hydrogen) atoms. The number of benzene rings is 1. The molecule has 2 aliphatic rings. The second kappa shape index (κ2) is 9.52. The number of thiocarbonyl (C=S) groups is 1. The predicted molar refractivity (Wildman–Crippen MR) is 126 cm³/mol. The molecule has 3 rings (SSSR count). The molecule has 0 aromatic heterocycles. The van der Waals surface area contributed by atoms with Crippen LogP contribution in [-0.4, -0.2) is 59.3 Å². The zero-order chi connectivity index (χ0) is 21.9. The molecule has 2 heterocycles. The van der Waals surface area contributed by atoms with Crippen molar-refractivity contribution < 1.29 is 9.53 Å². The average Bonchev–Trinajstić information content (AvgIpc) is 2.93. The summed E-state index contributed by atoms with van der Waals surface area (Å²) in [6.45, 7) is 11.2.